The molecule has 276 valence electrons. The molecule has 0 spiro atoms. The summed E-state index contributed by atoms with van der Waals surface area (Å²) in [7, 11) is 0. The van der Waals surface area contributed by atoms with E-state index in [-0.39, 0.29) is 34.3 Å². The molecule has 4 N–H and O–H groups in total. The third-order valence-electron chi connectivity index (χ3n) is 7.12. The molecule has 0 aliphatic heterocycles. The molecule has 0 radical (unpaired) electrons. The van der Waals surface area contributed by atoms with E-state index in [1.807, 2.05) is 0 Å². The largest absolute Gasteiger partial charge is 0.417 e. The predicted molar refractivity (Wildman–Crippen MR) is 196 cm³/mol. The zero-order chi connectivity index (χ0) is 39.3. The van der Waals surface area contributed by atoms with Gasteiger partial charge in [0.1, 0.15) is 0 Å². The van der Waals surface area contributed by atoms with Crippen molar-refractivity contribution >= 4 is 78.2 Å². The maximum Gasteiger partial charge on any atom is 0.417 e. The molecule has 0 atom stereocenters. The molecule has 52 heavy (non-hydrogen) atoms. The van der Waals surface area contributed by atoms with Crippen LogP contribution in [0.4, 0.5) is 49.1 Å². The monoisotopic (exact) mass is 856 g/mol. The second-order valence-corrected chi connectivity index (χ2v) is 13.2. The fourth-order valence-corrected chi connectivity index (χ4v) is 6.00. The third kappa shape index (κ3) is 11.1. The first-order valence-corrected chi connectivity index (χ1v) is 16.7. The SMILES string of the molecule is CC(=O)Nc1cc(C)c(-c2cc(Br)c(NC(C)=O)cc2C(F)(F)F)cc1Br.CC(=O)Nc1ccc(-c2ccc(NC(C)=O)cc2C(F)(F)F)c(C)c1. The number of benzene rings is 4. The summed E-state index contributed by atoms with van der Waals surface area (Å²) in [5.41, 5.74) is 1.21. The molecular formula is C36H32Br2F6N4O4. The van der Waals surface area contributed by atoms with Crippen molar-refractivity contribution < 1.29 is 45.5 Å². The Kier molecular flexibility index (Phi) is 13.4. The highest BCUT2D eigenvalue weighted by Gasteiger charge is 2.36. The molecule has 0 aromatic heterocycles. The Bertz CT molecular complexity index is 2050. The predicted octanol–water partition coefficient (Wildman–Crippen LogP) is 10.7. The van der Waals surface area contributed by atoms with Crippen molar-refractivity contribution in [2.45, 2.75) is 53.9 Å². The Hall–Kier alpha value is -4.70. The molecule has 0 saturated carbocycles. The number of anilines is 4. The van der Waals surface area contributed by atoms with Crippen LogP contribution in [0.1, 0.15) is 49.9 Å². The number of hydrogen-bond donors (Lipinski definition) is 4. The summed E-state index contributed by atoms with van der Waals surface area (Å²) in [4.78, 5) is 44.7. The van der Waals surface area contributed by atoms with Gasteiger partial charge in [0.05, 0.1) is 22.5 Å². The molecule has 4 amide bonds. The van der Waals surface area contributed by atoms with E-state index < -0.39 is 35.3 Å². The molecule has 0 bridgehead atoms. The Morgan fingerprint density at radius 3 is 1.31 bits per heavy atom. The van der Waals surface area contributed by atoms with E-state index in [9.17, 15) is 45.5 Å². The van der Waals surface area contributed by atoms with Gasteiger partial charge in [0.15, 0.2) is 0 Å². The summed E-state index contributed by atoms with van der Waals surface area (Å²) in [6.45, 7) is 8.47. The number of carbonyl (C=O) groups is 4. The number of amides is 4. The molecule has 0 aliphatic carbocycles. The van der Waals surface area contributed by atoms with Crippen molar-refractivity contribution in [3.05, 3.63) is 91.9 Å². The van der Waals surface area contributed by atoms with E-state index in [1.54, 1.807) is 32.0 Å². The standard InChI is InChI=1S/C18H15Br2F3N2O2.C18H17F3N2O2/c1-8-4-16(24-9(2)26)14(19)5-11(8)12-6-15(20)17(25-10(3)27)7-13(12)18(21,22)23;1-10-8-13(22-11(2)24)4-6-15(10)16-7-5-14(23-12(3)25)9-17(16)18(19,20)21/h4-7H,1-3H3,(H,24,26)(H,25,27);4-9H,1-3H3,(H,22,24)(H,23,25). The molecule has 4 rings (SSSR count). The molecule has 0 fully saturated rings. The Balaban J connectivity index is 0.000000281. The van der Waals surface area contributed by atoms with Crippen LogP contribution in [0.25, 0.3) is 22.3 Å². The first kappa shape index (κ1) is 41.7. The number of aryl methyl sites for hydroxylation is 2. The molecule has 16 heteroatoms. The lowest BCUT2D eigenvalue weighted by Gasteiger charge is -2.19. The first-order valence-electron chi connectivity index (χ1n) is 15.1. The zero-order valence-electron chi connectivity index (χ0n) is 28.4. The van der Waals surface area contributed by atoms with Crippen LogP contribution >= 0.6 is 31.9 Å². The van der Waals surface area contributed by atoms with Gasteiger partial charge in [0.2, 0.25) is 23.6 Å². The zero-order valence-corrected chi connectivity index (χ0v) is 31.6. The van der Waals surface area contributed by atoms with E-state index in [2.05, 4.69) is 53.1 Å². The van der Waals surface area contributed by atoms with Crippen LogP contribution in [0.3, 0.4) is 0 Å². The quantitative estimate of drug-likeness (QED) is 0.145. The summed E-state index contributed by atoms with van der Waals surface area (Å²) >= 11 is 6.50. The molecule has 4 aromatic rings. The Morgan fingerprint density at radius 1 is 0.481 bits per heavy atom. The van der Waals surface area contributed by atoms with Crippen molar-refractivity contribution in [1.82, 2.24) is 0 Å². The van der Waals surface area contributed by atoms with Crippen LogP contribution in [-0.4, -0.2) is 23.6 Å². The summed E-state index contributed by atoms with van der Waals surface area (Å²) in [6.07, 6.45) is -9.20. The van der Waals surface area contributed by atoms with E-state index in [0.717, 1.165) is 12.1 Å². The van der Waals surface area contributed by atoms with Crippen LogP contribution < -0.4 is 21.3 Å². The maximum absolute atomic E-state index is 13.7. The second-order valence-electron chi connectivity index (χ2n) is 11.5. The van der Waals surface area contributed by atoms with Gasteiger partial charge in [-0.1, -0.05) is 12.1 Å². The van der Waals surface area contributed by atoms with Crippen LogP contribution in [-0.2, 0) is 31.5 Å². The summed E-state index contributed by atoms with van der Waals surface area (Å²) in [6, 6.07) is 13.7. The van der Waals surface area contributed by atoms with Gasteiger partial charge >= 0.3 is 12.4 Å². The number of nitrogens with one attached hydrogen (secondary N) is 4. The lowest BCUT2D eigenvalue weighted by atomic mass is 9.94. The van der Waals surface area contributed by atoms with Gasteiger partial charge in [0, 0.05) is 48.0 Å². The van der Waals surface area contributed by atoms with E-state index in [0.29, 0.717) is 42.6 Å². The minimum atomic E-state index is -4.63. The highest BCUT2D eigenvalue weighted by molar-refractivity contribution is 9.11. The topological polar surface area (TPSA) is 116 Å². The number of carbonyl (C=O) groups excluding carboxylic acids is 4. The van der Waals surface area contributed by atoms with Crippen LogP contribution in [0.5, 0.6) is 0 Å². The number of rotatable bonds is 6. The summed E-state index contributed by atoms with van der Waals surface area (Å²) < 4.78 is 82.2. The molecule has 0 aliphatic rings. The highest BCUT2D eigenvalue weighted by atomic mass is 79.9. The van der Waals surface area contributed by atoms with Crippen molar-refractivity contribution in [1.29, 1.82) is 0 Å². The van der Waals surface area contributed by atoms with Crippen molar-refractivity contribution in [3.63, 3.8) is 0 Å². The van der Waals surface area contributed by atoms with Gasteiger partial charge in [-0.25, -0.2) is 0 Å². The van der Waals surface area contributed by atoms with E-state index in [4.69, 9.17) is 0 Å². The van der Waals surface area contributed by atoms with Crippen molar-refractivity contribution in [2.24, 2.45) is 0 Å². The summed E-state index contributed by atoms with van der Waals surface area (Å²) in [5.74, 6) is -1.48. The minimum Gasteiger partial charge on any atom is -0.326 e. The van der Waals surface area contributed by atoms with Gasteiger partial charge < -0.3 is 21.3 Å². The second kappa shape index (κ2) is 16.8. The number of halogens is 8. The lowest BCUT2D eigenvalue weighted by molar-refractivity contribution is -0.137. The normalized spacial score (nSPS) is 11.2. The molecule has 0 unspecified atom stereocenters. The Morgan fingerprint density at radius 2 is 0.865 bits per heavy atom. The maximum atomic E-state index is 13.7. The van der Waals surface area contributed by atoms with E-state index >= 15 is 0 Å². The van der Waals surface area contributed by atoms with Gasteiger partial charge in [-0.2, -0.15) is 26.3 Å². The molecule has 0 saturated heterocycles. The number of hydrogen-bond acceptors (Lipinski definition) is 4. The minimum absolute atomic E-state index is 0.00785. The van der Waals surface area contributed by atoms with Gasteiger partial charge in [-0.3, -0.25) is 19.2 Å². The summed E-state index contributed by atoms with van der Waals surface area (Å²) in [5, 5.41) is 9.94. The highest BCUT2D eigenvalue weighted by Crippen LogP contribution is 2.44. The van der Waals surface area contributed by atoms with E-state index in [1.165, 1.54) is 58.0 Å². The lowest BCUT2D eigenvalue weighted by Crippen LogP contribution is -2.12. The number of alkyl halides is 6. The van der Waals surface area contributed by atoms with Crippen molar-refractivity contribution in [3.8, 4) is 22.3 Å². The van der Waals surface area contributed by atoms with Crippen molar-refractivity contribution in [2.75, 3.05) is 21.3 Å². The fourth-order valence-electron chi connectivity index (χ4n) is 5.11. The van der Waals surface area contributed by atoms with Gasteiger partial charge in [-0.15, -0.1) is 0 Å². The molecule has 0 heterocycles. The van der Waals surface area contributed by atoms with Crippen LogP contribution in [0.2, 0.25) is 0 Å². The molecule has 8 nitrogen and oxygen atoms in total. The molecule has 4 aromatic carbocycles. The third-order valence-corrected chi connectivity index (χ3v) is 8.43. The van der Waals surface area contributed by atoms with Crippen LogP contribution in [0.15, 0.2) is 69.6 Å². The average Bonchev–Trinajstić information content (AvgIpc) is 2.98. The van der Waals surface area contributed by atoms with Crippen LogP contribution in [0, 0.1) is 13.8 Å². The average molecular weight is 858 g/mol. The first-order chi connectivity index (χ1) is 24.0. The Labute approximate surface area is 312 Å². The molecular weight excluding hydrogens is 826 g/mol. The smallest absolute Gasteiger partial charge is 0.326 e. The van der Waals surface area contributed by atoms with Gasteiger partial charge in [0.25, 0.3) is 0 Å². The van der Waals surface area contributed by atoms with Gasteiger partial charge in [-0.05, 0) is 128 Å². The fraction of sp³-hybridized carbons (Fsp3) is 0.222.